The zero-order valence-corrected chi connectivity index (χ0v) is 15.1. The average Bonchev–Trinajstić information content (AvgIpc) is 2.61. The van der Waals surface area contributed by atoms with E-state index in [-0.39, 0.29) is 0 Å². The predicted octanol–water partition coefficient (Wildman–Crippen LogP) is 5.81. The Bertz CT molecular complexity index is 804. The first-order chi connectivity index (χ1) is 12.2. The van der Waals surface area contributed by atoms with Crippen molar-refractivity contribution < 1.29 is 4.74 Å². The Morgan fingerprint density at radius 3 is 2.32 bits per heavy atom. The van der Waals surface area contributed by atoms with Gasteiger partial charge in [0.25, 0.3) is 0 Å². The average molecular weight is 352 g/mol. The minimum Gasteiger partial charge on any atom is -0.457 e. The molecule has 0 atom stereocenters. The van der Waals surface area contributed by atoms with Gasteiger partial charge in [0.2, 0.25) is 0 Å². The highest BCUT2D eigenvalue weighted by atomic mass is 35.5. The Labute approximate surface area is 154 Å². The van der Waals surface area contributed by atoms with Crippen molar-refractivity contribution >= 4 is 11.6 Å². The Morgan fingerprint density at radius 1 is 0.800 bits per heavy atom. The van der Waals surface area contributed by atoms with Crippen molar-refractivity contribution in [1.29, 1.82) is 0 Å². The molecule has 2 nitrogen and oxygen atoms in total. The van der Waals surface area contributed by atoms with Gasteiger partial charge in [-0.05, 0) is 61.0 Å². The highest BCUT2D eigenvalue weighted by molar-refractivity contribution is 6.30. The number of nitrogens with zero attached hydrogens (tertiary/aromatic N) is 1. The molecule has 0 N–H and O–H groups in total. The van der Waals surface area contributed by atoms with E-state index in [1.807, 2.05) is 60.7 Å². The zero-order valence-electron chi connectivity index (χ0n) is 14.4. The van der Waals surface area contributed by atoms with Crippen molar-refractivity contribution in [2.45, 2.75) is 13.0 Å². The van der Waals surface area contributed by atoms with Crippen LogP contribution in [0.2, 0.25) is 5.02 Å². The summed E-state index contributed by atoms with van der Waals surface area (Å²) in [6, 6.07) is 26.2. The Kier molecular flexibility index (Phi) is 6.10. The number of hydrogen-bond acceptors (Lipinski definition) is 2. The highest BCUT2D eigenvalue weighted by Gasteiger charge is 2.04. The van der Waals surface area contributed by atoms with E-state index >= 15 is 0 Å². The maximum atomic E-state index is 6.05. The topological polar surface area (TPSA) is 12.5 Å². The Hall–Kier alpha value is -2.29. The van der Waals surface area contributed by atoms with E-state index in [0.29, 0.717) is 0 Å². The second-order valence-electron chi connectivity index (χ2n) is 6.18. The standard InChI is InChI=1S/C22H22ClNO/c1-24(14-13-18-7-5-9-20(23)15-18)17-19-8-6-12-22(16-19)25-21-10-3-2-4-11-21/h2-12,15-16H,13-14,17H2,1H3. The van der Waals surface area contributed by atoms with E-state index in [4.69, 9.17) is 16.3 Å². The van der Waals surface area contributed by atoms with E-state index in [2.05, 4.69) is 30.1 Å². The van der Waals surface area contributed by atoms with Crippen molar-refractivity contribution in [3.05, 3.63) is 95.0 Å². The summed E-state index contributed by atoms with van der Waals surface area (Å²) in [6.07, 6.45) is 0.983. The molecule has 0 aliphatic heterocycles. The van der Waals surface area contributed by atoms with Gasteiger partial charge in [0, 0.05) is 18.1 Å². The van der Waals surface area contributed by atoms with Gasteiger partial charge in [0.05, 0.1) is 0 Å². The lowest BCUT2D eigenvalue weighted by atomic mass is 10.1. The molecule has 0 unspecified atom stereocenters. The van der Waals surface area contributed by atoms with E-state index in [1.54, 1.807) is 0 Å². The smallest absolute Gasteiger partial charge is 0.127 e. The summed E-state index contributed by atoms with van der Waals surface area (Å²) in [5.74, 6) is 1.72. The van der Waals surface area contributed by atoms with E-state index in [1.165, 1.54) is 11.1 Å². The molecule has 3 rings (SSSR count). The van der Waals surface area contributed by atoms with Crippen LogP contribution in [-0.4, -0.2) is 18.5 Å². The number of para-hydroxylation sites is 1. The van der Waals surface area contributed by atoms with Crippen molar-refractivity contribution in [3.63, 3.8) is 0 Å². The molecular formula is C22H22ClNO. The third-order valence-electron chi connectivity index (χ3n) is 4.00. The van der Waals surface area contributed by atoms with Crippen LogP contribution in [-0.2, 0) is 13.0 Å². The molecule has 25 heavy (non-hydrogen) atoms. The quantitative estimate of drug-likeness (QED) is 0.532. The third kappa shape index (κ3) is 5.63. The summed E-state index contributed by atoms with van der Waals surface area (Å²) in [6.45, 7) is 1.86. The molecule has 3 aromatic rings. The van der Waals surface area contributed by atoms with Crippen molar-refractivity contribution in [2.24, 2.45) is 0 Å². The van der Waals surface area contributed by atoms with Crippen molar-refractivity contribution in [1.82, 2.24) is 4.90 Å². The van der Waals surface area contributed by atoms with Crippen LogP contribution in [0.3, 0.4) is 0 Å². The minimum absolute atomic E-state index is 0.797. The van der Waals surface area contributed by atoms with Crippen LogP contribution in [0.1, 0.15) is 11.1 Å². The second kappa shape index (κ2) is 8.70. The first-order valence-electron chi connectivity index (χ1n) is 8.44. The fourth-order valence-corrected chi connectivity index (χ4v) is 2.95. The lowest BCUT2D eigenvalue weighted by molar-refractivity contribution is 0.330. The summed E-state index contributed by atoms with van der Waals surface area (Å²) >= 11 is 6.05. The number of rotatable bonds is 7. The predicted molar refractivity (Wildman–Crippen MR) is 104 cm³/mol. The van der Waals surface area contributed by atoms with Crippen LogP contribution in [0.5, 0.6) is 11.5 Å². The Balaban J connectivity index is 1.56. The fourth-order valence-electron chi connectivity index (χ4n) is 2.74. The van der Waals surface area contributed by atoms with Crippen molar-refractivity contribution in [2.75, 3.05) is 13.6 Å². The molecule has 0 aromatic heterocycles. The van der Waals surface area contributed by atoms with Gasteiger partial charge in [-0.3, -0.25) is 0 Å². The van der Waals surface area contributed by atoms with E-state index in [0.717, 1.165) is 36.0 Å². The molecule has 0 aliphatic rings. The summed E-state index contributed by atoms with van der Waals surface area (Å²) in [5.41, 5.74) is 2.50. The molecule has 0 saturated heterocycles. The molecule has 3 aromatic carbocycles. The van der Waals surface area contributed by atoms with Crippen LogP contribution in [0.4, 0.5) is 0 Å². The number of benzene rings is 3. The van der Waals surface area contributed by atoms with Gasteiger partial charge >= 0.3 is 0 Å². The van der Waals surface area contributed by atoms with Crippen LogP contribution in [0.15, 0.2) is 78.9 Å². The first-order valence-corrected chi connectivity index (χ1v) is 8.82. The normalized spacial score (nSPS) is 10.8. The minimum atomic E-state index is 0.797. The van der Waals surface area contributed by atoms with Crippen LogP contribution in [0, 0.1) is 0 Å². The van der Waals surface area contributed by atoms with Gasteiger partial charge in [-0.2, -0.15) is 0 Å². The molecule has 0 heterocycles. The molecule has 0 spiro atoms. The highest BCUT2D eigenvalue weighted by Crippen LogP contribution is 2.22. The van der Waals surface area contributed by atoms with Gasteiger partial charge in [0.15, 0.2) is 0 Å². The summed E-state index contributed by atoms with van der Waals surface area (Å²) in [5, 5.41) is 0.797. The zero-order chi connectivity index (χ0) is 17.5. The summed E-state index contributed by atoms with van der Waals surface area (Å²) < 4.78 is 5.91. The van der Waals surface area contributed by atoms with Crippen LogP contribution >= 0.6 is 11.6 Å². The first kappa shape index (κ1) is 17.5. The molecular weight excluding hydrogens is 330 g/mol. The SMILES string of the molecule is CN(CCc1cccc(Cl)c1)Cc1cccc(Oc2ccccc2)c1. The van der Waals surface area contributed by atoms with E-state index in [9.17, 15) is 0 Å². The van der Waals surface area contributed by atoms with E-state index < -0.39 is 0 Å². The van der Waals surface area contributed by atoms with Gasteiger partial charge in [-0.25, -0.2) is 0 Å². The number of hydrogen-bond donors (Lipinski definition) is 0. The summed E-state index contributed by atoms with van der Waals surface area (Å²) in [7, 11) is 2.13. The summed E-state index contributed by atoms with van der Waals surface area (Å²) in [4.78, 5) is 2.31. The molecule has 128 valence electrons. The van der Waals surface area contributed by atoms with Crippen molar-refractivity contribution in [3.8, 4) is 11.5 Å². The number of ether oxygens (including phenoxy) is 1. The monoisotopic (exact) mass is 351 g/mol. The third-order valence-corrected chi connectivity index (χ3v) is 4.24. The van der Waals surface area contributed by atoms with Gasteiger partial charge in [0.1, 0.15) is 11.5 Å². The number of halogens is 1. The van der Waals surface area contributed by atoms with Gasteiger partial charge in [-0.15, -0.1) is 0 Å². The molecule has 0 bridgehead atoms. The maximum absolute atomic E-state index is 6.05. The Morgan fingerprint density at radius 2 is 1.52 bits per heavy atom. The lowest BCUT2D eigenvalue weighted by Crippen LogP contribution is -2.20. The van der Waals surface area contributed by atoms with Crippen LogP contribution in [0.25, 0.3) is 0 Å². The molecule has 0 amide bonds. The molecule has 0 aliphatic carbocycles. The number of likely N-dealkylation sites (N-methyl/N-ethyl adjacent to an activating group) is 1. The molecule has 3 heteroatoms. The maximum Gasteiger partial charge on any atom is 0.127 e. The van der Waals surface area contributed by atoms with Gasteiger partial charge < -0.3 is 9.64 Å². The fraction of sp³-hybridized carbons (Fsp3) is 0.182. The largest absolute Gasteiger partial charge is 0.457 e. The lowest BCUT2D eigenvalue weighted by Gasteiger charge is -2.17. The van der Waals surface area contributed by atoms with Gasteiger partial charge in [-0.1, -0.05) is 54.1 Å². The molecule has 0 radical (unpaired) electrons. The molecule has 0 saturated carbocycles. The second-order valence-corrected chi connectivity index (χ2v) is 6.62. The molecule has 0 fully saturated rings. The van der Waals surface area contributed by atoms with Crippen LogP contribution < -0.4 is 4.74 Å².